The molecule has 0 saturated carbocycles. The van der Waals surface area contributed by atoms with E-state index < -0.39 is 0 Å². The summed E-state index contributed by atoms with van der Waals surface area (Å²) in [6.07, 6.45) is 3.57. The van der Waals surface area contributed by atoms with Crippen LogP contribution >= 0.6 is 23.1 Å². The maximum absolute atomic E-state index is 12.7. The number of rotatable bonds is 8. The van der Waals surface area contributed by atoms with Gasteiger partial charge in [0.25, 0.3) is 5.91 Å². The van der Waals surface area contributed by atoms with E-state index in [0.717, 1.165) is 21.8 Å². The molecule has 2 heterocycles. The fourth-order valence-corrected chi connectivity index (χ4v) is 4.84. The van der Waals surface area contributed by atoms with Crippen LogP contribution in [0.1, 0.15) is 17.4 Å². The second-order valence-corrected chi connectivity index (χ2v) is 9.47. The summed E-state index contributed by atoms with van der Waals surface area (Å²) in [6, 6.07) is 17.3. The van der Waals surface area contributed by atoms with Gasteiger partial charge in [0.2, 0.25) is 11.0 Å². The number of aromatic nitrogens is 1. The van der Waals surface area contributed by atoms with Crippen LogP contribution in [0, 0.1) is 6.92 Å². The molecule has 0 unspecified atom stereocenters. The molecule has 174 valence electrons. The Labute approximate surface area is 206 Å². The molecule has 1 aromatic heterocycles. The first-order valence-electron chi connectivity index (χ1n) is 10.7. The van der Waals surface area contributed by atoms with Crippen LogP contribution in [-0.2, 0) is 16.0 Å². The van der Waals surface area contributed by atoms with Gasteiger partial charge in [0, 0.05) is 35.2 Å². The summed E-state index contributed by atoms with van der Waals surface area (Å²) in [6.45, 7) is 4.35. The third-order valence-electron chi connectivity index (χ3n) is 4.90. The highest BCUT2D eigenvalue weighted by molar-refractivity contribution is 8.18. The summed E-state index contributed by atoms with van der Waals surface area (Å²) in [7, 11) is 0. The SMILES string of the molecule is CCN1C(=O)/C(=C/Nc2ccccc2)S/C1=N\Nc1ncc(CC(=O)Nc2ccccc2C)s1. The zero-order valence-corrected chi connectivity index (χ0v) is 20.4. The van der Waals surface area contributed by atoms with Crippen LogP contribution in [0.25, 0.3) is 0 Å². The first-order chi connectivity index (χ1) is 16.5. The number of carbonyl (C=O) groups is 2. The number of aryl methyl sites for hydroxylation is 1. The zero-order valence-electron chi connectivity index (χ0n) is 18.7. The van der Waals surface area contributed by atoms with E-state index in [4.69, 9.17) is 0 Å². The van der Waals surface area contributed by atoms with E-state index in [2.05, 4.69) is 26.1 Å². The number of likely N-dealkylation sites (N-methyl/N-ethyl adjacent to an activating group) is 1. The lowest BCUT2D eigenvalue weighted by molar-refractivity contribution is -0.122. The number of nitrogens with zero attached hydrogens (tertiary/aromatic N) is 3. The van der Waals surface area contributed by atoms with Gasteiger partial charge < -0.3 is 10.6 Å². The maximum Gasteiger partial charge on any atom is 0.268 e. The van der Waals surface area contributed by atoms with Crippen molar-refractivity contribution in [2.24, 2.45) is 5.10 Å². The second-order valence-electron chi connectivity index (χ2n) is 7.35. The number of benzene rings is 2. The van der Waals surface area contributed by atoms with Crippen molar-refractivity contribution in [3.05, 3.63) is 82.3 Å². The standard InChI is InChI=1S/C24H24N6O2S2/c1-3-30-22(32)20(15-25-17-10-5-4-6-11-17)34-24(30)29-28-23-26-14-18(33-23)13-21(31)27-19-12-8-7-9-16(19)2/h4-12,14-15,25H,3,13H2,1-2H3,(H,26,28)(H,27,31)/b20-15-,29-24-. The molecule has 1 aliphatic rings. The molecular weight excluding hydrogens is 468 g/mol. The Morgan fingerprint density at radius 1 is 1.15 bits per heavy atom. The average Bonchev–Trinajstić information content (AvgIpc) is 3.41. The van der Waals surface area contributed by atoms with Gasteiger partial charge in [-0.1, -0.05) is 47.7 Å². The minimum atomic E-state index is -0.107. The number of amides is 2. The molecule has 1 fully saturated rings. The molecule has 1 saturated heterocycles. The van der Waals surface area contributed by atoms with E-state index in [9.17, 15) is 9.59 Å². The molecule has 3 N–H and O–H groups in total. The molecule has 0 bridgehead atoms. The number of carbonyl (C=O) groups excluding carboxylic acids is 2. The van der Waals surface area contributed by atoms with Crippen LogP contribution < -0.4 is 16.1 Å². The van der Waals surface area contributed by atoms with Crippen molar-refractivity contribution >= 4 is 56.6 Å². The van der Waals surface area contributed by atoms with Crippen molar-refractivity contribution in [3.63, 3.8) is 0 Å². The summed E-state index contributed by atoms with van der Waals surface area (Å²) < 4.78 is 0. The second kappa shape index (κ2) is 11.0. The van der Waals surface area contributed by atoms with Gasteiger partial charge in [0.05, 0.1) is 11.3 Å². The zero-order chi connectivity index (χ0) is 23.9. The first-order valence-corrected chi connectivity index (χ1v) is 12.3. The van der Waals surface area contributed by atoms with Gasteiger partial charge in [0.1, 0.15) is 0 Å². The van der Waals surface area contributed by atoms with E-state index in [1.54, 1.807) is 17.3 Å². The third kappa shape index (κ3) is 5.83. The van der Waals surface area contributed by atoms with E-state index in [1.807, 2.05) is 68.4 Å². The van der Waals surface area contributed by atoms with Gasteiger partial charge in [0.15, 0.2) is 5.17 Å². The van der Waals surface area contributed by atoms with Gasteiger partial charge in [-0.3, -0.25) is 19.9 Å². The summed E-state index contributed by atoms with van der Waals surface area (Å²) in [4.78, 5) is 32.4. The molecule has 2 amide bonds. The number of para-hydroxylation sites is 2. The number of anilines is 3. The number of thiazole rings is 1. The minimum absolute atomic E-state index is 0.106. The van der Waals surface area contributed by atoms with Crippen molar-refractivity contribution < 1.29 is 9.59 Å². The summed E-state index contributed by atoms with van der Waals surface area (Å²) >= 11 is 2.63. The topological polar surface area (TPSA) is 98.7 Å². The highest BCUT2D eigenvalue weighted by Crippen LogP contribution is 2.31. The molecule has 0 aliphatic carbocycles. The summed E-state index contributed by atoms with van der Waals surface area (Å²) in [5, 5.41) is 11.6. The average molecular weight is 493 g/mol. The van der Waals surface area contributed by atoms with Gasteiger partial charge >= 0.3 is 0 Å². The lowest BCUT2D eigenvalue weighted by Crippen LogP contribution is -2.29. The Bertz CT molecular complexity index is 1240. The lowest BCUT2D eigenvalue weighted by Gasteiger charge is -2.11. The van der Waals surface area contributed by atoms with Crippen LogP contribution in [0.15, 0.2) is 77.0 Å². The van der Waals surface area contributed by atoms with Crippen molar-refractivity contribution in [1.82, 2.24) is 9.88 Å². The Morgan fingerprint density at radius 3 is 2.68 bits per heavy atom. The number of thioether (sulfide) groups is 1. The highest BCUT2D eigenvalue weighted by atomic mass is 32.2. The maximum atomic E-state index is 12.7. The molecule has 1 aliphatic heterocycles. The molecule has 0 atom stereocenters. The van der Waals surface area contributed by atoms with Gasteiger partial charge in [-0.05, 0) is 49.4 Å². The number of hydrogen-bond acceptors (Lipinski definition) is 8. The molecule has 10 heteroatoms. The normalized spacial score (nSPS) is 15.7. The lowest BCUT2D eigenvalue weighted by atomic mass is 10.2. The van der Waals surface area contributed by atoms with Crippen molar-refractivity contribution in [2.45, 2.75) is 20.3 Å². The summed E-state index contributed by atoms with van der Waals surface area (Å²) in [5.41, 5.74) is 5.63. The molecule has 3 aromatic rings. The van der Waals surface area contributed by atoms with Crippen LogP contribution in [0.2, 0.25) is 0 Å². The third-order valence-corrected chi connectivity index (χ3v) is 6.81. The quantitative estimate of drug-likeness (QED) is 0.307. The van der Waals surface area contributed by atoms with Gasteiger partial charge in [-0.25, -0.2) is 4.98 Å². The Morgan fingerprint density at radius 2 is 1.91 bits per heavy atom. The minimum Gasteiger partial charge on any atom is -0.360 e. The fraction of sp³-hybridized carbons (Fsp3) is 0.167. The van der Waals surface area contributed by atoms with Crippen LogP contribution in [0.3, 0.4) is 0 Å². The predicted molar refractivity (Wildman–Crippen MR) is 140 cm³/mol. The number of hydrogen-bond donors (Lipinski definition) is 3. The van der Waals surface area contributed by atoms with E-state index in [-0.39, 0.29) is 18.2 Å². The number of amidine groups is 1. The monoisotopic (exact) mass is 492 g/mol. The molecular formula is C24H24N6O2S2. The van der Waals surface area contributed by atoms with Crippen LogP contribution in [0.5, 0.6) is 0 Å². The predicted octanol–water partition coefficient (Wildman–Crippen LogP) is 4.86. The van der Waals surface area contributed by atoms with E-state index >= 15 is 0 Å². The fourth-order valence-electron chi connectivity index (χ4n) is 3.16. The largest absolute Gasteiger partial charge is 0.360 e. The smallest absolute Gasteiger partial charge is 0.268 e. The Balaban J connectivity index is 1.37. The summed E-state index contributed by atoms with van der Waals surface area (Å²) in [5.74, 6) is -0.213. The Kier molecular flexibility index (Phi) is 7.61. The first kappa shape index (κ1) is 23.5. The molecule has 0 spiro atoms. The molecule has 4 rings (SSSR count). The van der Waals surface area contributed by atoms with Crippen molar-refractivity contribution in [3.8, 4) is 0 Å². The van der Waals surface area contributed by atoms with Crippen LogP contribution in [-0.4, -0.2) is 33.4 Å². The van der Waals surface area contributed by atoms with Gasteiger partial charge in [-0.15, -0.1) is 5.10 Å². The number of nitrogens with one attached hydrogen (secondary N) is 3. The van der Waals surface area contributed by atoms with E-state index in [1.165, 1.54) is 23.1 Å². The van der Waals surface area contributed by atoms with Crippen molar-refractivity contribution in [1.29, 1.82) is 0 Å². The molecule has 8 nitrogen and oxygen atoms in total. The molecule has 0 radical (unpaired) electrons. The highest BCUT2D eigenvalue weighted by Gasteiger charge is 2.32. The molecule has 34 heavy (non-hydrogen) atoms. The van der Waals surface area contributed by atoms with Crippen LogP contribution in [0.4, 0.5) is 16.5 Å². The Hall–Kier alpha value is -3.63. The number of hydrazone groups is 1. The van der Waals surface area contributed by atoms with Gasteiger partial charge in [-0.2, -0.15) is 0 Å². The molecule has 2 aromatic carbocycles. The van der Waals surface area contributed by atoms with E-state index in [0.29, 0.717) is 21.7 Å². The van der Waals surface area contributed by atoms with Crippen molar-refractivity contribution in [2.75, 3.05) is 22.6 Å².